The van der Waals surface area contributed by atoms with Crippen LogP contribution in [0.15, 0.2) is 48.5 Å². The summed E-state index contributed by atoms with van der Waals surface area (Å²) in [4.78, 5) is 26.1. The van der Waals surface area contributed by atoms with E-state index in [1.165, 1.54) is 29.8 Å². The largest absolute Gasteiger partial charge is 0.508 e. The minimum absolute atomic E-state index is 0.0804. The highest BCUT2D eigenvalue weighted by molar-refractivity contribution is 6.04. The van der Waals surface area contributed by atoms with Crippen LogP contribution in [0.2, 0.25) is 0 Å². The highest BCUT2D eigenvalue weighted by atomic mass is 16.5. The number of nitrogens with zero attached hydrogens (tertiary/aromatic N) is 1. The number of rotatable bonds is 4. The van der Waals surface area contributed by atoms with Crippen molar-refractivity contribution < 1.29 is 19.4 Å². The number of imide groups is 1. The second-order valence-electron chi connectivity index (χ2n) is 6.79. The average Bonchev–Trinajstić information content (AvgIpc) is 2.69. The minimum Gasteiger partial charge on any atom is -0.508 e. The third-order valence-corrected chi connectivity index (χ3v) is 4.94. The minimum atomic E-state index is -0.458. The van der Waals surface area contributed by atoms with Crippen LogP contribution < -0.4 is 10.1 Å². The monoisotopic (exact) mass is 368 g/mol. The van der Waals surface area contributed by atoms with E-state index in [2.05, 4.69) is 17.4 Å². The van der Waals surface area contributed by atoms with E-state index in [0.717, 1.165) is 25.0 Å². The van der Waals surface area contributed by atoms with Crippen molar-refractivity contribution in [1.29, 1.82) is 0 Å². The summed E-state index contributed by atoms with van der Waals surface area (Å²) in [6.07, 6.45) is 2.80. The predicted molar refractivity (Wildman–Crippen MR) is 102 cm³/mol. The number of methoxy groups -OCH3 is 1. The molecule has 3 amide bonds. The Morgan fingerprint density at radius 1 is 1.07 bits per heavy atom. The van der Waals surface area contributed by atoms with Crippen LogP contribution in [0.1, 0.15) is 28.8 Å². The molecule has 2 aromatic rings. The van der Waals surface area contributed by atoms with Gasteiger partial charge in [-0.2, -0.15) is 0 Å². The molecule has 1 saturated heterocycles. The maximum Gasteiger partial charge on any atom is 0.324 e. The Hall–Kier alpha value is -3.02. The van der Waals surface area contributed by atoms with E-state index in [1.54, 1.807) is 12.0 Å². The van der Waals surface area contributed by atoms with Gasteiger partial charge >= 0.3 is 6.03 Å². The lowest BCUT2D eigenvalue weighted by atomic mass is 9.90. The van der Waals surface area contributed by atoms with Crippen molar-refractivity contribution in [2.75, 3.05) is 20.2 Å². The second kappa shape index (κ2) is 8.58. The third-order valence-electron chi connectivity index (χ3n) is 4.94. The maximum atomic E-state index is 12.3. The molecule has 3 rings (SSSR count). The standard InChI is InChI=1S/C21H24N2O4/c1-27-19-8-2-15(3-9-19)14-16-10-12-23(13-11-16)21(26)22-20(25)17-4-6-18(24)7-5-17/h2-9,16,24H,10-14H2,1H3,(H,22,25,26). The first-order chi connectivity index (χ1) is 13.0. The molecule has 2 aromatic carbocycles. The number of hydrogen-bond acceptors (Lipinski definition) is 4. The van der Waals surface area contributed by atoms with Gasteiger partial charge in [-0.15, -0.1) is 0 Å². The number of piperidine rings is 1. The fraction of sp³-hybridized carbons (Fsp3) is 0.333. The normalized spacial score (nSPS) is 14.6. The van der Waals surface area contributed by atoms with Crippen molar-refractivity contribution in [2.24, 2.45) is 5.92 Å². The number of likely N-dealkylation sites (tertiary alicyclic amines) is 1. The first-order valence-corrected chi connectivity index (χ1v) is 9.07. The molecule has 142 valence electrons. The van der Waals surface area contributed by atoms with Crippen molar-refractivity contribution in [1.82, 2.24) is 10.2 Å². The summed E-state index contributed by atoms with van der Waals surface area (Å²) in [7, 11) is 1.65. The Balaban J connectivity index is 1.47. The average molecular weight is 368 g/mol. The van der Waals surface area contributed by atoms with Crippen LogP contribution in [-0.2, 0) is 6.42 Å². The first-order valence-electron chi connectivity index (χ1n) is 9.07. The fourth-order valence-electron chi connectivity index (χ4n) is 3.30. The number of carbonyl (C=O) groups excluding carboxylic acids is 2. The zero-order valence-corrected chi connectivity index (χ0v) is 15.4. The Bertz CT molecular complexity index is 779. The summed E-state index contributed by atoms with van der Waals surface area (Å²) in [6.45, 7) is 1.27. The molecule has 0 unspecified atom stereocenters. The van der Waals surface area contributed by atoms with Crippen molar-refractivity contribution in [2.45, 2.75) is 19.3 Å². The lowest BCUT2D eigenvalue weighted by molar-refractivity contribution is 0.0945. The smallest absolute Gasteiger partial charge is 0.324 e. The van der Waals surface area contributed by atoms with Crippen molar-refractivity contribution >= 4 is 11.9 Å². The highest BCUT2D eigenvalue weighted by Crippen LogP contribution is 2.23. The van der Waals surface area contributed by atoms with Crippen LogP contribution in [0.4, 0.5) is 4.79 Å². The zero-order chi connectivity index (χ0) is 19.2. The maximum absolute atomic E-state index is 12.3. The number of hydrogen-bond donors (Lipinski definition) is 2. The molecule has 1 aliphatic rings. The van der Waals surface area contributed by atoms with E-state index in [-0.39, 0.29) is 11.8 Å². The first kappa shape index (κ1) is 18.8. The van der Waals surface area contributed by atoms with E-state index >= 15 is 0 Å². The van der Waals surface area contributed by atoms with E-state index in [0.29, 0.717) is 24.6 Å². The summed E-state index contributed by atoms with van der Waals surface area (Å²) >= 11 is 0. The van der Waals surface area contributed by atoms with E-state index in [1.807, 2.05) is 12.1 Å². The fourth-order valence-corrected chi connectivity index (χ4v) is 3.30. The summed E-state index contributed by atoms with van der Waals surface area (Å²) in [5.41, 5.74) is 1.61. The molecule has 0 aromatic heterocycles. The van der Waals surface area contributed by atoms with Gasteiger partial charge in [0.2, 0.25) is 0 Å². The van der Waals surface area contributed by atoms with Crippen LogP contribution >= 0.6 is 0 Å². The van der Waals surface area contributed by atoms with Crippen molar-refractivity contribution in [3.05, 3.63) is 59.7 Å². The van der Waals surface area contributed by atoms with Gasteiger partial charge in [0.15, 0.2) is 0 Å². The number of aromatic hydroxyl groups is 1. The van der Waals surface area contributed by atoms with Crippen LogP contribution in [0.3, 0.4) is 0 Å². The SMILES string of the molecule is COc1ccc(CC2CCN(C(=O)NC(=O)c3ccc(O)cc3)CC2)cc1. The van der Waals surface area contributed by atoms with Crippen LogP contribution in [0.25, 0.3) is 0 Å². The Kier molecular flexibility index (Phi) is 5.96. The molecule has 2 N–H and O–H groups in total. The number of benzene rings is 2. The van der Waals surface area contributed by atoms with E-state index in [9.17, 15) is 14.7 Å². The number of amides is 3. The molecule has 0 atom stereocenters. The lowest BCUT2D eigenvalue weighted by Crippen LogP contribution is -2.46. The topological polar surface area (TPSA) is 78.9 Å². The van der Waals surface area contributed by atoms with Crippen molar-refractivity contribution in [3.63, 3.8) is 0 Å². The molecule has 0 saturated carbocycles. The van der Waals surface area contributed by atoms with Gasteiger partial charge in [-0.3, -0.25) is 10.1 Å². The number of ether oxygens (including phenoxy) is 1. The summed E-state index contributed by atoms with van der Waals surface area (Å²) in [6, 6.07) is 13.5. The second-order valence-corrected chi connectivity index (χ2v) is 6.79. The molecule has 1 fully saturated rings. The van der Waals surface area contributed by atoms with Crippen LogP contribution in [-0.4, -0.2) is 42.1 Å². The van der Waals surface area contributed by atoms with Gasteiger partial charge in [0.05, 0.1) is 7.11 Å². The van der Waals surface area contributed by atoms with Gasteiger partial charge in [0.25, 0.3) is 5.91 Å². The Labute approximate surface area is 158 Å². The van der Waals surface area contributed by atoms with E-state index in [4.69, 9.17) is 4.74 Å². The molecular formula is C21H24N2O4. The molecule has 1 heterocycles. The molecular weight excluding hydrogens is 344 g/mol. The summed E-state index contributed by atoms with van der Waals surface area (Å²) in [5.74, 6) is 0.996. The van der Waals surface area contributed by atoms with Crippen LogP contribution in [0.5, 0.6) is 11.5 Å². The van der Waals surface area contributed by atoms with Gasteiger partial charge in [-0.25, -0.2) is 4.79 Å². The molecule has 6 heteroatoms. The van der Waals surface area contributed by atoms with Gasteiger partial charge in [0.1, 0.15) is 11.5 Å². The van der Waals surface area contributed by atoms with Gasteiger partial charge in [0, 0.05) is 18.7 Å². The highest BCUT2D eigenvalue weighted by Gasteiger charge is 2.24. The van der Waals surface area contributed by atoms with Gasteiger partial charge in [-0.1, -0.05) is 12.1 Å². The Morgan fingerprint density at radius 3 is 2.30 bits per heavy atom. The molecule has 0 bridgehead atoms. The molecule has 0 radical (unpaired) electrons. The third kappa shape index (κ3) is 5.00. The number of phenolic OH excluding ortho intramolecular Hbond substituents is 1. The number of urea groups is 1. The Morgan fingerprint density at radius 2 is 1.70 bits per heavy atom. The quantitative estimate of drug-likeness (QED) is 0.869. The van der Waals surface area contributed by atoms with Gasteiger partial charge < -0.3 is 14.7 Å². The molecule has 0 spiro atoms. The number of carbonyl (C=O) groups is 2. The number of phenols is 1. The summed E-state index contributed by atoms with van der Waals surface area (Å²) < 4.78 is 5.18. The molecule has 1 aliphatic heterocycles. The molecule has 0 aliphatic carbocycles. The summed E-state index contributed by atoms with van der Waals surface area (Å²) in [5, 5.41) is 11.7. The van der Waals surface area contributed by atoms with Gasteiger partial charge in [-0.05, 0) is 67.1 Å². The molecule has 27 heavy (non-hydrogen) atoms. The van der Waals surface area contributed by atoms with Crippen molar-refractivity contribution in [3.8, 4) is 11.5 Å². The van der Waals surface area contributed by atoms with E-state index < -0.39 is 5.91 Å². The lowest BCUT2D eigenvalue weighted by Gasteiger charge is -2.31. The predicted octanol–water partition coefficient (Wildman–Crippen LogP) is 3.21. The van der Waals surface area contributed by atoms with Crippen LogP contribution in [0, 0.1) is 5.92 Å². The number of nitrogens with one attached hydrogen (secondary N) is 1. The zero-order valence-electron chi connectivity index (χ0n) is 15.4. The molecule has 6 nitrogen and oxygen atoms in total.